The van der Waals surface area contributed by atoms with Crippen LogP contribution in [0.2, 0.25) is 0 Å². The number of rotatable bonds is 4. The van der Waals surface area contributed by atoms with Crippen LogP contribution in [0.25, 0.3) is 98.7 Å². The van der Waals surface area contributed by atoms with Gasteiger partial charge < -0.3 is 0 Å². The first kappa shape index (κ1) is 31.7. The molecule has 1 aliphatic rings. The molecule has 10 aromatic carbocycles. The van der Waals surface area contributed by atoms with E-state index >= 15 is 0 Å². The van der Waals surface area contributed by atoms with Crippen LogP contribution in [0, 0.1) is 0 Å². The Morgan fingerprint density at radius 1 is 0.273 bits per heavy atom. The van der Waals surface area contributed by atoms with Crippen molar-refractivity contribution < 1.29 is 0 Å². The van der Waals surface area contributed by atoms with Crippen molar-refractivity contribution in [2.75, 3.05) is 0 Å². The second-order valence-corrected chi connectivity index (χ2v) is 15.6. The zero-order valence-corrected chi connectivity index (χ0v) is 31.0. The molecule has 0 heterocycles. The Morgan fingerprint density at radius 3 is 1.20 bits per heavy atom. The molecule has 0 nitrogen and oxygen atoms in total. The van der Waals surface area contributed by atoms with Crippen molar-refractivity contribution in [3.05, 3.63) is 205 Å². The van der Waals surface area contributed by atoms with Gasteiger partial charge in [0.1, 0.15) is 0 Å². The second-order valence-electron chi connectivity index (χ2n) is 15.6. The maximum atomic E-state index is 2.48. The smallest absolute Gasteiger partial charge is 0.0159 e. The Bertz CT molecular complexity index is 3100. The predicted molar refractivity (Wildman–Crippen MR) is 236 cm³/mol. The minimum absolute atomic E-state index is 0.0870. The van der Waals surface area contributed by atoms with Gasteiger partial charge in [-0.25, -0.2) is 0 Å². The third-order valence-corrected chi connectivity index (χ3v) is 12.2. The summed E-state index contributed by atoms with van der Waals surface area (Å²) in [4.78, 5) is 0. The summed E-state index contributed by atoms with van der Waals surface area (Å²) in [5.74, 6) is 0. The lowest BCUT2D eigenvalue weighted by Crippen LogP contribution is -2.14. The van der Waals surface area contributed by atoms with Gasteiger partial charge in [0.15, 0.2) is 0 Å². The molecule has 1 aliphatic carbocycles. The number of hydrogen-bond acceptors (Lipinski definition) is 0. The minimum Gasteiger partial charge on any atom is -0.0622 e. The number of hydrogen-bond donors (Lipinski definition) is 0. The van der Waals surface area contributed by atoms with Crippen LogP contribution in [0.4, 0.5) is 0 Å². The first-order valence-corrected chi connectivity index (χ1v) is 19.3. The normalized spacial score (nSPS) is 13.1. The molecule has 55 heavy (non-hydrogen) atoms. The van der Waals surface area contributed by atoms with Gasteiger partial charge in [-0.2, -0.15) is 0 Å². The van der Waals surface area contributed by atoms with E-state index in [-0.39, 0.29) is 5.41 Å². The van der Waals surface area contributed by atoms with Gasteiger partial charge in [-0.05, 0) is 140 Å². The SMILES string of the molecule is CC1(C)c2ccccc2-c2ccc(-c3cc4ccccc4cc3-c3c4ccccc4c(-c4cc5ccccc5cc4-c4ccccc4)c4ccccc34)cc21. The van der Waals surface area contributed by atoms with Gasteiger partial charge in [0.2, 0.25) is 0 Å². The van der Waals surface area contributed by atoms with Crippen LogP contribution in [0.15, 0.2) is 194 Å². The average molecular weight is 699 g/mol. The summed E-state index contributed by atoms with van der Waals surface area (Å²) in [6, 6.07) is 72.4. The topological polar surface area (TPSA) is 0 Å². The van der Waals surface area contributed by atoms with Crippen LogP contribution in [-0.2, 0) is 5.41 Å². The molecule has 10 aromatic rings. The van der Waals surface area contributed by atoms with Crippen LogP contribution in [-0.4, -0.2) is 0 Å². The Kier molecular flexibility index (Phi) is 7.00. The fraction of sp³-hybridized carbons (Fsp3) is 0.0545. The maximum Gasteiger partial charge on any atom is 0.0159 e. The third kappa shape index (κ3) is 4.85. The molecule has 0 spiro atoms. The summed E-state index contributed by atoms with van der Waals surface area (Å²) in [6.45, 7) is 4.75. The summed E-state index contributed by atoms with van der Waals surface area (Å²) in [6.07, 6.45) is 0. The first-order valence-electron chi connectivity index (χ1n) is 19.3. The van der Waals surface area contributed by atoms with Gasteiger partial charge in [0, 0.05) is 5.41 Å². The Hall–Kier alpha value is -6.76. The lowest BCUT2D eigenvalue weighted by Gasteiger charge is -2.23. The van der Waals surface area contributed by atoms with Crippen LogP contribution >= 0.6 is 0 Å². The van der Waals surface area contributed by atoms with E-state index in [2.05, 4.69) is 208 Å². The average Bonchev–Trinajstić information content (AvgIpc) is 3.47. The monoisotopic (exact) mass is 698 g/mol. The van der Waals surface area contributed by atoms with Crippen LogP contribution < -0.4 is 0 Å². The molecular formula is C55H38. The summed E-state index contributed by atoms with van der Waals surface area (Å²) >= 11 is 0. The van der Waals surface area contributed by atoms with Crippen molar-refractivity contribution in [1.82, 2.24) is 0 Å². The van der Waals surface area contributed by atoms with Crippen molar-refractivity contribution >= 4 is 43.1 Å². The Balaban J connectivity index is 1.24. The molecule has 0 unspecified atom stereocenters. The zero-order valence-electron chi connectivity index (χ0n) is 31.0. The van der Waals surface area contributed by atoms with Gasteiger partial charge in [0.25, 0.3) is 0 Å². The van der Waals surface area contributed by atoms with E-state index in [1.807, 2.05) is 0 Å². The van der Waals surface area contributed by atoms with E-state index in [1.54, 1.807) is 0 Å². The Labute approximate surface area is 322 Å². The van der Waals surface area contributed by atoms with Crippen molar-refractivity contribution in [2.24, 2.45) is 0 Å². The highest BCUT2D eigenvalue weighted by molar-refractivity contribution is 6.24. The fourth-order valence-corrected chi connectivity index (χ4v) is 9.57. The molecule has 258 valence electrons. The van der Waals surface area contributed by atoms with Crippen molar-refractivity contribution in [3.63, 3.8) is 0 Å². The van der Waals surface area contributed by atoms with Crippen LogP contribution in [0.5, 0.6) is 0 Å². The van der Waals surface area contributed by atoms with E-state index in [9.17, 15) is 0 Å². The van der Waals surface area contributed by atoms with Gasteiger partial charge in [0.05, 0.1) is 0 Å². The second kappa shape index (κ2) is 12.1. The van der Waals surface area contributed by atoms with Crippen molar-refractivity contribution in [1.29, 1.82) is 0 Å². The summed E-state index contributed by atoms with van der Waals surface area (Å²) in [5.41, 5.74) is 15.4. The minimum atomic E-state index is -0.0870. The van der Waals surface area contributed by atoms with Gasteiger partial charge in [-0.15, -0.1) is 0 Å². The number of fused-ring (bicyclic) bond motifs is 7. The maximum absolute atomic E-state index is 2.48. The van der Waals surface area contributed by atoms with E-state index in [0.29, 0.717) is 0 Å². The Morgan fingerprint density at radius 2 is 0.673 bits per heavy atom. The molecule has 0 heteroatoms. The molecule has 0 amide bonds. The third-order valence-electron chi connectivity index (χ3n) is 12.2. The summed E-state index contributed by atoms with van der Waals surface area (Å²) in [5, 5.41) is 10.0. The molecule has 0 radical (unpaired) electrons. The van der Waals surface area contributed by atoms with Gasteiger partial charge in [-0.3, -0.25) is 0 Å². The molecule has 0 fully saturated rings. The molecule has 0 N–H and O–H groups in total. The molecular weight excluding hydrogens is 661 g/mol. The van der Waals surface area contributed by atoms with Crippen molar-refractivity contribution in [2.45, 2.75) is 19.3 Å². The largest absolute Gasteiger partial charge is 0.0622 e. The highest BCUT2D eigenvalue weighted by Crippen LogP contribution is 2.52. The van der Waals surface area contributed by atoms with Crippen molar-refractivity contribution in [3.8, 4) is 55.6 Å². The van der Waals surface area contributed by atoms with E-state index < -0.39 is 0 Å². The van der Waals surface area contributed by atoms with Gasteiger partial charge >= 0.3 is 0 Å². The highest BCUT2D eigenvalue weighted by atomic mass is 14.4. The summed E-state index contributed by atoms with van der Waals surface area (Å²) < 4.78 is 0. The zero-order chi connectivity index (χ0) is 36.7. The lowest BCUT2D eigenvalue weighted by molar-refractivity contribution is 0.660. The standard InChI is InChI=1S/C55H38/c1-55(2)51-27-15-14-22-41(51)42-29-28-40(34-52(42)55)48-31-37-19-7-9-21-39(37)33-50(48)54-45-25-12-10-23-43(45)53(44-24-11-13-26-46(44)54)49-32-38-20-8-6-18-36(38)30-47(49)35-16-4-3-5-17-35/h3-34H,1-2H3. The molecule has 11 rings (SSSR count). The number of benzene rings is 10. The van der Waals surface area contributed by atoms with E-state index in [1.165, 1.54) is 110 Å². The first-order chi connectivity index (χ1) is 27.0. The predicted octanol–water partition coefficient (Wildman–Crippen LogP) is 15.3. The van der Waals surface area contributed by atoms with Gasteiger partial charge in [-0.1, -0.05) is 178 Å². The molecule has 0 aromatic heterocycles. The molecule has 0 atom stereocenters. The summed E-state index contributed by atoms with van der Waals surface area (Å²) in [7, 11) is 0. The highest BCUT2D eigenvalue weighted by Gasteiger charge is 2.35. The van der Waals surface area contributed by atoms with E-state index in [4.69, 9.17) is 0 Å². The van der Waals surface area contributed by atoms with Crippen LogP contribution in [0.3, 0.4) is 0 Å². The molecule has 0 saturated heterocycles. The lowest BCUT2D eigenvalue weighted by atomic mass is 9.79. The molecule has 0 bridgehead atoms. The quantitative estimate of drug-likeness (QED) is 0.161. The molecule has 0 aliphatic heterocycles. The van der Waals surface area contributed by atoms with Crippen LogP contribution in [0.1, 0.15) is 25.0 Å². The van der Waals surface area contributed by atoms with E-state index in [0.717, 1.165) is 0 Å². The fourth-order valence-electron chi connectivity index (χ4n) is 9.57. The molecule has 0 saturated carbocycles.